The van der Waals surface area contributed by atoms with E-state index in [0.717, 1.165) is 0 Å². The SMILES string of the molecule is CC(=O)CC(=O)c1cc(OC(C)=O)c(C)c(C)c1O. The van der Waals surface area contributed by atoms with Crippen LogP contribution in [0.1, 0.15) is 41.8 Å². The second kappa shape index (κ2) is 5.65. The van der Waals surface area contributed by atoms with Crippen molar-refractivity contribution in [3.63, 3.8) is 0 Å². The first-order valence-electron chi connectivity index (χ1n) is 5.78. The van der Waals surface area contributed by atoms with Gasteiger partial charge in [0.2, 0.25) is 0 Å². The van der Waals surface area contributed by atoms with Crippen LogP contribution in [0, 0.1) is 13.8 Å². The zero-order valence-corrected chi connectivity index (χ0v) is 11.4. The molecule has 1 N–H and O–H groups in total. The molecular formula is C14H16O5. The van der Waals surface area contributed by atoms with Crippen molar-refractivity contribution >= 4 is 17.5 Å². The Balaban J connectivity index is 3.32. The Labute approximate surface area is 111 Å². The van der Waals surface area contributed by atoms with E-state index < -0.39 is 11.8 Å². The molecule has 5 heteroatoms. The summed E-state index contributed by atoms with van der Waals surface area (Å²) in [5.74, 6) is -1.27. The van der Waals surface area contributed by atoms with Crippen molar-refractivity contribution < 1.29 is 24.2 Å². The summed E-state index contributed by atoms with van der Waals surface area (Å²) in [4.78, 5) is 33.8. The highest BCUT2D eigenvalue weighted by Crippen LogP contribution is 2.33. The Kier molecular flexibility index (Phi) is 4.43. The summed E-state index contributed by atoms with van der Waals surface area (Å²) in [7, 11) is 0. The second-order valence-corrected chi connectivity index (χ2v) is 4.42. The van der Waals surface area contributed by atoms with Crippen LogP contribution in [0.2, 0.25) is 0 Å². The Bertz CT molecular complexity index is 557. The van der Waals surface area contributed by atoms with E-state index in [9.17, 15) is 19.5 Å². The summed E-state index contributed by atoms with van der Waals surface area (Å²) in [6.07, 6.45) is -0.296. The van der Waals surface area contributed by atoms with E-state index in [1.807, 2.05) is 0 Å². The molecule has 0 unspecified atom stereocenters. The maximum Gasteiger partial charge on any atom is 0.308 e. The van der Waals surface area contributed by atoms with E-state index >= 15 is 0 Å². The first kappa shape index (κ1) is 14.9. The largest absolute Gasteiger partial charge is 0.507 e. The van der Waals surface area contributed by atoms with Crippen LogP contribution in [0.4, 0.5) is 0 Å². The summed E-state index contributed by atoms with van der Waals surface area (Å²) in [5, 5.41) is 9.95. The van der Waals surface area contributed by atoms with Crippen LogP contribution in [0.25, 0.3) is 0 Å². The lowest BCUT2D eigenvalue weighted by Crippen LogP contribution is -2.09. The molecule has 0 heterocycles. The van der Waals surface area contributed by atoms with Crippen molar-refractivity contribution in [3.8, 4) is 11.5 Å². The van der Waals surface area contributed by atoms with E-state index in [2.05, 4.69) is 0 Å². The molecule has 0 aliphatic carbocycles. The van der Waals surface area contributed by atoms with Crippen LogP contribution in [0.5, 0.6) is 11.5 Å². The van der Waals surface area contributed by atoms with Gasteiger partial charge in [0.05, 0.1) is 12.0 Å². The summed E-state index contributed by atoms with van der Waals surface area (Å²) >= 11 is 0. The summed E-state index contributed by atoms with van der Waals surface area (Å²) < 4.78 is 4.99. The number of phenols is 1. The number of phenolic OH excluding ortho intramolecular Hbond substituents is 1. The number of rotatable bonds is 4. The molecule has 0 aliphatic heterocycles. The van der Waals surface area contributed by atoms with Gasteiger partial charge < -0.3 is 9.84 Å². The fraction of sp³-hybridized carbons (Fsp3) is 0.357. The molecule has 1 aromatic rings. The van der Waals surface area contributed by atoms with Gasteiger partial charge in [-0.3, -0.25) is 14.4 Å². The molecule has 0 radical (unpaired) electrons. The number of carbonyl (C=O) groups is 3. The van der Waals surface area contributed by atoms with Gasteiger partial charge in [0.1, 0.15) is 17.3 Å². The number of Topliss-reactive ketones (excluding diaryl/α,β-unsaturated/α-hetero) is 2. The topological polar surface area (TPSA) is 80.7 Å². The Morgan fingerprint density at radius 1 is 1.16 bits per heavy atom. The summed E-state index contributed by atoms with van der Waals surface area (Å²) in [6, 6.07) is 1.30. The van der Waals surface area contributed by atoms with Crippen LogP contribution >= 0.6 is 0 Å². The zero-order valence-electron chi connectivity index (χ0n) is 11.4. The Hall–Kier alpha value is -2.17. The van der Waals surface area contributed by atoms with Crippen molar-refractivity contribution in [2.24, 2.45) is 0 Å². The highest BCUT2D eigenvalue weighted by molar-refractivity contribution is 6.09. The zero-order chi connectivity index (χ0) is 14.7. The van der Waals surface area contributed by atoms with Crippen LogP contribution < -0.4 is 4.74 Å². The smallest absolute Gasteiger partial charge is 0.308 e. The summed E-state index contributed by atoms with van der Waals surface area (Å²) in [5.41, 5.74) is 1.02. The van der Waals surface area contributed by atoms with Crippen LogP contribution in [0.3, 0.4) is 0 Å². The molecule has 5 nitrogen and oxygen atoms in total. The molecule has 0 saturated heterocycles. The van der Waals surface area contributed by atoms with Gasteiger partial charge in [0, 0.05) is 6.92 Å². The number of ketones is 2. The van der Waals surface area contributed by atoms with Crippen molar-refractivity contribution in [2.45, 2.75) is 34.1 Å². The highest BCUT2D eigenvalue weighted by Gasteiger charge is 2.19. The maximum absolute atomic E-state index is 11.9. The molecule has 102 valence electrons. The van der Waals surface area contributed by atoms with E-state index in [-0.39, 0.29) is 29.3 Å². The predicted octanol–water partition coefficient (Wildman–Crippen LogP) is 2.10. The second-order valence-electron chi connectivity index (χ2n) is 4.42. The molecular weight excluding hydrogens is 248 g/mol. The number of hydrogen-bond acceptors (Lipinski definition) is 5. The van der Waals surface area contributed by atoms with Gasteiger partial charge in [-0.1, -0.05) is 0 Å². The normalized spacial score (nSPS) is 10.1. The van der Waals surface area contributed by atoms with E-state index in [0.29, 0.717) is 11.1 Å². The monoisotopic (exact) mass is 264 g/mol. The number of carbonyl (C=O) groups excluding carboxylic acids is 3. The molecule has 1 aromatic carbocycles. The maximum atomic E-state index is 11.9. The average Bonchev–Trinajstić information content (AvgIpc) is 2.28. The number of benzene rings is 1. The third-order valence-electron chi connectivity index (χ3n) is 2.78. The molecule has 1 rings (SSSR count). The molecule has 19 heavy (non-hydrogen) atoms. The van der Waals surface area contributed by atoms with Crippen LogP contribution in [0.15, 0.2) is 6.07 Å². The lowest BCUT2D eigenvalue weighted by atomic mass is 9.98. The van der Waals surface area contributed by atoms with E-state index in [4.69, 9.17) is 4.74 Å². The van der Waals surface area contributed by atoms with Crippen molar-refractivity contribution in [2.75, 3.05) is 0 Å². The standard InChI is InChI=1S/C14H16O5/c1-7(15)5-12(17)11-6-13(19-10(4)16)8(2)9(3)14(11)18/h6,18H,5H2,1-4H3. The van der Waals surface area contributed by atoms with E-state index in [1.54, 1.807) is 13.8 Å². The third kappa shape index (κ3) is 3.40. The third-order valence-corrected chi connectivity index (χ3v) is 2.78. The Morgan fingerprint density at radius 3 is 2.21 bits per heavy atom. The van der Waals surface area contributed by atoms with Gasteiger partial charge in [-0.25, -0.2) is 0 Å². The van der Waals surface area contributed by atoms with Crippen LogP contribution in [-0.2, 0) is 9.59 Å². The molecule has 0 atom stereocenters. The molecule has 0 aromatic heterocycles. The molecule has 0 saturated carbocycles. The number of aromatic hydroxyl groups is 1. The minimum Gasteiger partial charge on any atom is -0.507 e. The van der Waals surface area contributed by atoms with Crippen molar-refractivity contribution in [1.82, 2.24) is 0 Å². The van der Waals surface area contributed by atoms with Gasteiger partial charge in [-0.05, 0) is 38.0 Å². The first-order chi connectivity index (χ1) is 8.73. The molecule has 0 spiro atoms. The van der Waals surface area contributed by atoms with E-state index in [1.165, 1.54) is 19.9 Å². The van der Waals surface area contributed by atoms with Crippen molar-refractivity contribution in [3.05, 3.63) is 22.8 Å². The minimum absolute atomic E-state index is 0.00505. The molecule has 0 amide bonds. The summed E-state index contributed by atoms with van der Waals surface area (Å²) in [6.45, 7) is 5.83. The average molecular weight is 264 g/mol. The fourth-order valence-electron chi connectivity index (χ4n) is 1.67. The molecule has 0 aliphatic rings. The number of ether oxygens (including phenoxy) is 1. The quantitative estimate of drug-likeness (QED) is 0.390. The van der Waals surface area contributed by atoms with Gasteiger partial charge in [0.15, 0.2) is 5.78 Å². The van der Waals surface area contributed by atoms with Gasteiger partial charge in [-0.2, -0.15) is 0 Å². The van der Waals surface area contributed by atoms with Gasteiger partial charge >= 0.3 is 5.97 Å². The van der Waals surface area contributed by atoms with Crippen LogP contribution in [-0.4, -0.2) is 22.6 Å². The van der Waals surface area contributed by atoms with Gasteiger partial charge in [0.25, 0.3) is 0 Å². The van der Waals surface area contributed by atoms with Crippen molar-refractivity contribution in [1.29, 1.82) is 0 Å². The lowest BCUT2D eigenvalue weighted by Gasteiger charge is -2.13. The predicted molar refractivity (Wildman–Crippen MR) is 68.5 cm³/mol. The van der Waals surface area contributed by atoms with Gasteiger partial charge in [-0.15, -0.1) is 0 Å². The molecule has 0 fully saturated rings. The first-order valence-corrected chi connectivity index (χ1v) is 5.78. The Morgan fingerprint density at radius 2 is 1.74 bits per heavy atom. The highest BCUT2D eigenvalue weighted by atomic mass is 16.5. The fourth-order valence-corrected chi connectivity index (χ4v) is 1.67. The minimum atomic E-state index is -0.516. The number of esters is 1. The molecule has 0 bridgehead atoms. The lowest BCUT2D eigenvalue weighted by molar-refractivity contribution is -0.132. The number of hydrogen-bond donors (Lipinski definition) is 1.